The Hall–Kier alpha value is -4.34. The van der Waals surface area contributed by atoms with Gasteiger partial charge in [-0.05, 0) is 38.1 Å². The number of benzene rings is 1. The molecule has 0 aliphatic carbocycles. The Morgan fingerprint density at radius 3 is 2.48 bits per heavy atom. The van der Waals surface area contributed by atoms with Crippen molar-refractivity contribution in [2.45, 2.75) is 13.8 Å². The molecule has 4 aromatic rings. The van der Waals surface area contributed by atoms with Crippen molar-refractivity contribution < 1.29 is 14.0 Å². The molecule has 0 bridgehead atoms. The SMILES string of the molecule is Cc1nc2ccccn2c1C(=O)NNC(=O)c1nn(-c2ccccc2F)c(C)cc1=O. The lowest BCUT2D eigenvalue weighted by Gasteiger charge is -2.12. The highest BCUT2D eigenvalue weighted by molar-refractivity contribution is 5.98. The molecular weight excluding hydrogens is 403 g/mol. The highest BCUT2D eigenvalue weighted by Crippen LogP contribution is 2.13. The van der Waals surface area contributed by atoms with Gasteiger partial charge < -0.3 is 0 Å². The van der Waals surface area contributed by atoms with Crippen LogP contribution in [0, 0.1) is 19.7 Å². The van der Waals surface area contributed by atoms with Crippen molar-refractivity contribution in [3.05, 3.63) is 93.5 Å². The number of amides is 2. The number of para-hydroxylation sites is 1. The highest BCUT2D eigenvalue weighted by Gasteiger charge is 2.20. The maximum absolute atomic E-state index is 14.2. The minimum absolute atomic E-state index is 0.0828. The monoisotopic (exact) mass is 420 g/mol. The summed E-state index contributed by atoms with van der Waals surface area (Å²) >= 11 is 0. The van der Waals surface area contributed by atoms with Gasteiger partial charge in [-0.2, -0.15) is 5.10 Å². The summed E-state index contributed by atoms with van der Waals surface area (Å²) in [5.41, 5.74) is 4.99. The molecule has 3 heterocycles. The quantitative estimate of drug-likeness (QED) is 0.491. The van der Waals surface area contributed by atoms with E-state index in [1.54, 1.807) is 48.7 Å². The van der Waals surface area contributed by atoms with Crippen LogP contribution in [0.4, 0.5) is 4.39 Å². The molecule has 0 unspecified atom stereocenters. The molecule has 2 N–H and O–H groups in total. The van der Waals surface area contributed by atoms with Crippen LogP contribution < -0.4 is 16.3 Å². The Bertz CT molecular complexity index is 1390. The van der Waals surface area contributed by atoms with E-state index in [2.05, 4.69) is 20.9 Å². The van der Waals surface area contributed by atoms with Crippen LogP contribution in [-0.2, 0) is 0 Å². The van der Waals surface area contributed by atoms with Gasteiger partial charge in [0.25, 0.3) is 11.8 Å². The second-order valence-electron chi connectivity index (χ2n) is 6.74. The number of hydrazine groups is 1. The number of nitrogens with one attached hydrogen (secondary N) is 2. The number of carbonyl (C=O) groups excluding carboxylic acids is 2. The molecule has 156 valence electrons. The van der Waals surface area contributed by atoms with Crippen molar-refractivity contribution in [3.63, 3.8) is 0 Å². The molecule has 2 amide bonds. The molecule has 0 aliphatic rings. The van der Waals surface area contributed by atoms with Crippen molar-refractivity contribution in [2.24, 2.45) is 0 Å². The fourth-order valence-corrected chi connectivity index (χ4v) is 3.19. The van der Waals surface area contributed by atoms with E-state index in [4.69, 9.17) is 0 Å². The minimum Gasteiger partial charge on any atom is -0.295 e. The van der Waals surface area contributed by atoms with Crippen molar-refractivity contribution in [1.29, 1.82) is 0 Å². The number of pyridine rings is 1. The number of fused-ring (bicyclic) bond motifs is 1. The fourth-order valence-electron chi connectivity index (χ4n) is 3.19. The van der Waals surface area contributed by atoms with E-state index in [0.717, 1.165) is 4.68 Å². The van der Waals surface area contributed by atoms with Crippen LogP contribution in [0.25, 0.3) is 11.3 Å². The van der Waals surface area contributed by atoms with Crippen LogP contribution in [0.2, 0.25) is 0 Å². The van der Waals surface area contributed by atoms with Crippen molar-refractivity contribution in [2.75, 3.05) is 0 Å². The molecule has 9 nitrogen and oxygen atoms in total. The summed E-state index contributed by atoms with van der Waals surface area (Å²) in [5.74, 6) is -2.12. The van der Waals surface area contributed by atoms with Gasteiger partial charge in [-0.15, -0.1) is 0 Å². The second kappa shape index (κ2) is 7.82. The number of hydrogen-bond donors (Lipinski definition) is 2. The Morgan fingerprint density at radius 2 is 1.71 bits per heavy atom. The molecule has 0 radical (unpaired) electrons. The smallest absolute Gasteiger partial charge is 0.294 e. The van der Waals surface area contributed by atoms with Gasteiger partial charge in [0, 0.05) is 18.0 Å². The fraction of sp³-hybridized carbons (Fsp3) is 0.0952. The topological polar surface area (TPSA) is 110 Å². The highest BCUT2D eigenvalue weighted by atomic mass is 19.1. The first kappa shape index (κ1) is 20.0. The van der Waals surface area contributed by atoms with Gasteiger partial charge in [0.15, 0.2) is 5.69 Å². The van der Waals surface area contributed by atoms with E-state index >= 15 is 0 Å². The third-order valence-electron chi connectivity index (χ3n) is 4.61. The third kappa shape index (κ3) is 3.66. The Balaban J connectivity index is 1.60. The maximum Gasteiger partial charge on any atom is 0.294 e. The lowest BCUT2D eigenvalue weighted by atomic mass is 10.2. The molecule has 31 heavy (non-hydrogen) atoms. The van der Waals surface area contributed by atoms with Gasteiger partial charge in [0.2, 0.25) is 5.43 Å². The largest absolute Gasteiger partial charge is 0.295 e. The summed E-state index contributed by atoms with van der Waals surface area (Å²) in [5, 5.41) is 3.99. The summed E-state index contributed by atoms with van der Waals surface area (Å²) in [6, 6.07) is 12.3. The van der Waals surface area contributed by atoms with Gasteiger partial charge >= 0.3 is 0 Å². The predicted octanol–water partition coefficient (Wildman–Crippen LogP) is 1.71. The van der Waals surface area contributed by atoms with E-state index < -0.39 is 28.8 Å². The molecule has 10 heteroatoms. The summed E-state index contributed by atoms with van der Waals surface area (Å²) in [6.45, 7) is 3.23. The Labute approximate surface area is 175 Å². The molecule has 0 saturated carbocycles. The van der Waals surface area contributed by atoms with Gasteiger partial charge in [0.05, 0.1) is 5.69 Å². The first-order valence-electron chi connectivity index (χ1n) is 9.27. The van der Waals surface area contributed by atoms with Crippen LogP contribution in [-0.4, -0.2) is 31.0 Å². The molecule has 0 saturated heterocycles. The van der Waals surface area contributed by atoms with Crippen molar-refractivity contribution >= 4 is 17.5 Å². The zero-order valence-electron chi connectivity index (χ0n) is 16.6. The standard InChI is InChI=1S/C21H17FN6O3/c1-12-11-16(29)18(26-28(12)15-8-4-3-7-14(15)22)20(30)24-25-21(31)19-13(2)23-17-9-5-6-10-27(17)19/h3-11H,1-2H3,(H,24,30)(H,25,31). The Kier molecular flexibility index (Phi) is 5.04. The van der Waals surface area contributed by atoms with E-state index in [0.29, 0.717) is 17.0 Å². The summed E-state index contributed by atoms with van der Waals surface area (Å²) in [4.78, 5) is 41.7. The Morgan fingerprint density at radius 1 is 1.00 bits per heavy atom. The van der Waals surface area contributed by atoms with Crippen LogP contribution >= 0.6 is 0 Å². The lowest BCUT2D eigenvalue weighted by molar-refractivity contribution is 0.0838. The number of nitrogens with zero attached hydrogens (tertiary/aromatic N) is 4. The van der Waals surface area contributed by atoms with Crippen molar-refractivity contribution in [3.8, 4) is 5.69 Å². The zero-order valence-corrected chi connectivity index (χ0v) is 16.6. The van der Waals surface area contributed by atoms with Crippen LogP contribution in [0.3, 0.4) is 0 Å². The van der Waals surface area contributed by atoms with Gasteiger partial charge in [0.1, 0.15) is 22.8 Å². The number of imidazole rings is 1. The first-order valence-corrected chi connectivity index (χ1v) is 9.27. The maximum atomic E-state index is 14.2. The zero-order chi connectivity index (χ0) is 22.1. The number of aryl methyl sites for hydroxylation is 2. The molecule has 0 aliphatic heterocycles. The van der Waals surface area contributed by atoms with E-state index in [9.17, 15) is 18.8 Å². The third-order valence-corrected chi connectivity index (χ3v) is 4.61. The van der Waals surface area contributed by atoms with Gasteiger partial charge in [-0.3, -0.25) is 29.6 Å². The van der Waals surface area contributed by atoms with Crippen molar-refractivity contribution in [1.82, 2.24) is 30.0 Å². The summed E-state index contributed by atoms with van der Waals surface area (Å²) < 4.78 is 16.9. The first-order chi connectivity index (χ1) is 14.9. The lowest BCUT2D eigenvalue weighted by Crippen LogP contribution is -2.44. The van der Waals surface area contributed by atoms with Gasteiger partial charge in [-0.25, -0.2) is 14.1 Å². The molecule has 0 spiro atoms. The molecule has 1 aromatic carbocycles. The van der Waals surface area contributed by atoms with Crippen LogP contribution in [0.5, 0.6) is 0 Å². The normalized spacial score (nSPS) is 10.8. The molecule has 0 atom stereocenters. The van der Waals surface area contributed by atoms with E-state index in [-0.39, 0.29) is 11.4 Å². The average Bonchev–Trinajstić information content (AvgIpc) is 3.08. The van der Waals surface area contributed by atoms with Crippen LogP contribution in [0.15, 0.2) is 59.5 Å². The van der Waals surface area contributed by atoms with E-state index in [1.807, 2.05) is 0 Å². The molecule has 0 fully saturated rings. The molecule has 4 rings (SSSR count). The number of carbonyl (C=O) groups is 2. The minimum atomic E-state index is -0.935. The summed E-state index contributed by atoms with van der Waals surface area (Å²) in [6.07, 6.45) is 1.67. The molecule has 3 aromatic heterocycles. The predicted molar refractivity (Wildman–Crippen MR) is 109 cm³/mol. The summed E-state index contributed by atoms with van der Waals surface area (Å²) in [7, 11) is 0. The van der Waals surface area contributed by atoms with Gasteiger partial charge in [-0.1, -0.05) is 18.2 Å². The molecular formula is C21H17FN6O3. The number of aromatic nitrogens is 4. The average molecular weight is 420 g/mol. The second-order valence-corrected chi connectivity index (χ2v) is 6.74. The number of rotatable bonds is 3. The van der Waals surface area contributed by atoms with E-state index in [1.165, 1.54) is 24.3 Å². The number of hydrogen-bond acceptors (Lipinski definition) is 5. The van der Waals surface area contributed by atoms with Crippen LogP contribution in [0.1, 0.15) is 32.4 Å². The number of halogens is 1.